The summed E-state index contributed by atoms with van der Waals surface area (Å²) >= 11 is 12.4. The first-order chi connectivity index (χ1) is 64.3. The molecular weight excluding hydrogens is 1790 g/mol. The molecule has 5 aromatic rings. The number of thiol groups is 3. The SMILES string of the molecule is C[C@H](NC(=O)CCCCCCCCCCCCN[C@H](C=O)CS)C(=O)NCC(=O)N[C@@H](CS)C(=O)NC(CCCCN)C(=O)N[C@@H](CC(N)=O)C(=O)NC(Cc1ccccc1)C(=O)N[C@@H](Cc1ccccc1)C(=O)NC(Cc1c[nH]c2ccccc12)C(=O)N[C@@H](CCCCN)C(=O)N[C@H](C(=O)N[C@@H](Cc1ccccc1)C(=O)N[C@H](C(=O)N[C@@H](CO)C(=O)NC(C=O)CS)[C@@H](C)O)[C@@H](C)O. The fourth-order valence-electron chi connectivity index (χ4n) is 14.3. The van der Waals surface area contributed by atoms with E-state index in [9.17, 15) is 82.4 Å². The standard InChI is InChI=1S/C92H135N19O20S3/c1-56(99-77(118)39-21-10-8-6-4-5-7-9-11-28-42-96-63(50-112)53-132)81(120)98-49-78(119)101-75(55-134)90(129)103-67(37-24-26-40-93)82(121)107-73(47-76(95)117)87(126)105-69(43-59-29-15-12-16-30-59)84(123)104-70(44-60-31-17-13-18-32-60)85(124)106-72(46-62-48-97-66-36-23-22-35-65(62)66)86(125)102-68(38-25-27-41-94)83(122)110-79(57(2)115)91(130)108-71(45-61-33-19-14-20-34-61)88(127)111-80(58(3)116)92(131)109-74(52-114)89(128)100-64(51-113)54-133/h12-20,22-23,29-36,48,50-51,56-58,63-64,67-75,79-80,96-97,114-116,132-134H,4-11,21,24-28,37-47,49,52-55,93-94H2,1-3H3,(H2,95,117)(H,98,120)(H,99,118)(H,100,128)(H,101,119)(H,102,125)(H,103,129)(H,104,123)(H,105,126)(H,106,124)(H,107,121)(H,108,130)(H,109,131)(H,110,122)(H,111,127)/t56-,57+,58+,63+,64?,67?,68-,69?,70-,71-,72?,73-,74-,75-,79-,80-/m0/s1. The van der Waals surface area contributed by atoms with Gasteiger partial charge in [-0.15, -0.1) is 0 Å². The lowest BCUT2D eigenvalue weighted by Gasteiger charge is -2.29. The Hall–Kier alpha value is -11.4. The number of unbranched alkanes of at least 4 members (excludes halogenated alkanes) is 11. The van der Waals surface area contributed by atoms with Gasteiger partial charge < -0.3 is 127 Å². The first kappa shape index (κ1) is 113. The summed E-state index contributed by atoms with van der Waals surface area (Å²) in [5, 5.41) is 71.4. The number of nitrogens with one attached hydrogen (secondary N) is 16. The number of H-pyrrole nitrogens is 1. The lowest BCUT2D eigenvalue weighted by molar-refractivity contribution is -0.138. The number of rotatable bonds is 67. The number of primary amides is 1. The average molecular weight is 1920 g/mol. The molecule has 4 aromatic carbocycles. The molecule has 42 heteroatoms. The van der Waals surface area contributed by atoms with Gasteiger partial charge in [0.1, 0.15) is 85.1 Å². The van der Waals surface area contributed by atoms with E-state index in [-0.39, 0.29) is 94.3 Å². The molecule has 0 aliphatic rings. The summed E-state index contributed by atoms with van der Waals surface area (Å²) in [6, 6.07) is 11.2. The monoisotopic (exact) mass is 1920 g/mol. The highest BCUT2D eigenvalue weighted by atomic mass is 32.1. The number of benzene rings is 4. The van der Waals surface area contributed by atoms with E-state index in [4.69, 9.17) is 17.2 Å². The van der Waals surface area contributed by atoms with Gasteiger partial charge in [0.05, 0.1) is 43.9 Å². The highest BCUT2D eigenvalue weighted by molar-refractivity contribution is 7.80. The maximum absolute atomic E-state index is 15.5. The van der Waals surface area contributed by atoms with Crippen molar-refractivity contribution < 1.29 is 96.8 Å². The van der Waals surface area contributed by atoms with Crippen molar-refractivity contribution in [1.82, 2.24) is 84.7 Å². The van der Waals surface area contributed by atoms with Crippen LogP contribution in [0.3, 0.4) is 0 Å². The Labute approximate surface area is 796 Å². The minimum Gasteiger partial charge on any atom is -0.394 e. The van der Waals surface area contributed by atoms with E-state index in [0.717, 1.165) is 84.5 Å². The third kappa shape index (κ3) is 41.6. The van der Waals surface area contributed by atoms with Crippen LogP contribution < -0.4 is 97.0 Å². The number of hydrogen-bond donors (Lipinski definition) is 25. The molecule has 16 atom stereocenters. The molecule has 0 fully saturated rings. The van der Waals surface area contributed by atoms with Gasteiger partial charge >= 0.3 is 0 Å². The number of aliphatic hydroxyl groups is 3. The molecular formula is C92H135N19O20S3. The van der Waals surface area contributed by atoms with Gasteiger partial charge in [-0.1, -0.05) is 161 Å². The topological polar surface area (TPSA) is 625 Å². The number of aromatic nitrogens is 1. The molecule has 1 heterocycles. The van der Waals surface area contributed by atoms with E-state index in [0.29, 0.717) is 64.5 Å². The summed E-state index contributed by atoms with van der Waals surface area (Å²) in [4.78, 5) is 238. The summed E-state index contributed by atoms with van der Waals surface area (Å²) in [6.07, 6.45) is 8.34. The Kier molecular flexibility index (Phi) is 53.2. The van der Waals surface area contributed by atoms with E-state index in [2.05, 4.69) is 123 Å². The van der Waals surface area contributed by atoms with Crippen molar-refractivity contribution in [2.45, 2.75) is 259 Å². The number of carbonyl (C=O) groups excluding carboxylic acids is 17. The molecule has 4 unspecified atom stereocenters. The number of para-hydroxylation sites is 1. The van der Waals surface area contributed by atoms with Gasteiger partial charge in [-0.05, 0) is 120 Å². The molecule has 39 nitrogen and oxygen atoms in total. The highest BCUT2D eigenvalue weighted by Crippen LogP contribution is 2.22. The molecule has 25 N–H and O–H groups in total. The third-order valence-electron chi connectivity index (χ3n) is 21.9. The van der Waals surface area contributed by atoms with Gasteiger partial charge in [-0.3, -0.25) is 71.9 Å². The minimum absolute atomic E-state index is 0.103. The summed E-state index contributed by atoms with van der Waals surface area (Å²) in [5.41, 5.74) is 20.0. The molecule has 0 spiro atoms. The van der Waals surface area contributed by atoms with Crippen LogP contribution in [0.4, 0.5) is 0 Å². The fourth-order valence-corrected chi connectivity index (χ4v) is 15.0. The quantitative estimate of drug-likeness (QED) is 0.0116. The van der Waals surface area contributed by atoms with Crippen LogP contribution >= 0.6 is 37.9 Å². The fraction of sp³-hybridized carbons (Fsp3) is 0.533. The Morgan fingerprint density at radius 1 is 0.381 bits per heavy atom. The van der Waals surface area contributed by atoms with Crippen LogP contribution in [0.25, 0.3) is 10.9 Å². The molecule has 5 rings (SSSR count). The van der Waals surface area contributed by atoms with E-state index >= 15 is 14.4 Å². The van der Waals surface area contributed by atoms with Crippen LogP contribution in [0, 0.1) is 0 Å². The second-order valence-corrected chi connectivity index (χ2v) is 34.0. The van der Waals surface area contributed by atoms with E-state index in [1.807, 2.05) is 0 Å². The Bertz CT molecular complexity index is 4570. The second-order valence-electron chi connectivity index (χ2n) is 32.9. The summed E-state index contributed by atoms with van der Waals surface area (Å²) in [6.45, 7) is 3.20. The van der Waals surface area contributed by atoms with Crippen LogP contribution in [0.15, 0.2) is 121 Å². The molecule has 0 aliphatic carbocycles. The number of aromatic amines is 1. The van der Waals surface area contributed by atoms with E-state index < -0.39 is 193 Å². The maximum atomic E-state index is 15.5. The van der Waals surface area contributed by atoms with Crippen molar-refractivity contribution in [1.29, 1.82) is 0 Å². The Morgan fingerprint density at radius 2 is 0.761 bits per heavy atom. The van der Waals surface area contributed by atoms with Gasteiger partial charge in [0, 0.05) is 66.5 Å². The summed E-state index contributed by atoms with van der Waals surface area (Å²) in [5.74, 6) is -14.4. The molecule has 15 amide bonds. The number of fused-ring (bicyclic) bond motifs is 1. The van der Waals surface area contributed by atoms with Crippen molar-refractivity contribution in [3.05, 3.63) is 144 Å². The van der Waals surface area contributed by atoms with Crippen LogP contribution in [0.1, 0.15) is 159 Å². The molecule has 736 valence electrons. The Morgan fingerprint density at radius 3 is 1.20 bits per heavy atom. The number of amides is 15. The van der Waals surface area contributed by atoms with Gasteiger partial charge in [0.25, 0.3) is 0 Å². The largest absolute Gasteiger partial charge is 0.394 e. The number of aliphatic hydroxyl groups excluding tert-OH is 3. The lowest BCUT2D eigenvalue weighted by Crippen LogP contribution is -2.63. The van der Waals surface area contributed by atoms with Crippen LogP contribution in [0.2, 0.25) is 0 Å². The number of nitrogens with two attached hydrogens (primary N) is 3. The highest BCUT2D eigenvalue weighted by Gasteiger charge is 2.40. The zero-order chi connectivity index (χ0) is 98.4. The smallest absolute Gasteiger partial charge is 0.245 e. The normalized spacial score (nSPS) is 14.8. The van der Waals surface area contributed by atoms with Gasteiger partial charge in [-0.25, -0.2) is 0 Å². The van der Waals surface area contributed by atoms with E-state index in [1.54, 1.807) is 121 Å². The summed E-state index contributed by atoms with van der Waals surface area (Å²) < 4.78 is 0. The van der Waals surface area contributed by atoms with Crippen molar-refractivity contribution in [2.75, 3.05) is 50.0 Å². The first-order valence-electron chi connectivity index (χ1n) is 45.3. The van der Waals surface area contributed by atoms with Gasteiger partial charge in [0.2, 0.25) is 88.6 Å². The van der Waals surface area contributed by atoms with Crippen LogP contribution in [0.5, 0.6) is 0 Å². The van der Waals surface area contributed by atoms with Gasteiger partial charge in [-0.2, -0.15) is 37.9 Å². The van der Waals surface area contributed by atoms with Crippen molar-refractivity contribution in [3.63, 3.8) is 0 Å². The zero-order valence-electron chi connectivity index (χ0n) is 76.0. The molecule has 1 aromatic heterocycles. The first-order valence-corrected chi connectivity index (χ1v) is 47.2. The molecule has 0 saturated heterocycles. The molecule has 0 radical (unpaired) electrons. The predicted octanol–water partition coefficient (Wildman–Crippen LogP) is -1.80. The van der Waals surface area contributed by atoms with Crippen LogP contribution in [-0.2, 0) is 107 Å². The molecule has 0 saturated carbocycles. The average Bonchev–Trinajstić information content (AvgIpc) is 1.67. The predicted molar refractivity (Wildman–Crippen MR) is 513 cm³/mol. The number of aldehydes is 2. The molecule has 0 bridgehead atoms. The zero-order valence-corrected chi connectivity index (χ0v) is 78.7. The molecule has 134 heavy (non-hydrogen) atoms. The summed E-state index contributed by atoms with van der Waals surface area (Å²) in [7, 11) is 0. The molecule has 0 aliphatic heterocycles. The van der Waals surface area contributed by atoms with Crippen molar-refractivity contribution >= 4 is 150 Å². The number of carbonyl (C=O) groups is 17. The third-order valence-corrected chi connectivity index (χ3v) is 23.1. The Balaban J connectivity index is 1.35. The minimum atomic E-state index is -1.90. The van der Waals surface area contributed by atoms with E-state index in [1.165, 1.54) is 6.92 Å². The number of hydrogen-bond acceptors (Lipinski definition) is 26. The second kappa shape index (κ2) is 63.0. The lowest BCUT2D eigenvalue weighted by atomic mass is 10.00. The maximum Gasteiger partial charge on any atom is 0.245 e. The van der Waals surface area contributed by atoms with Crippen molar-refractivity contribution in [3.8, 4) is 0 Å². The van der Waals surface area contributed by atoms with Gasteiger partial charge in [0.15, 0.2) is 0 Å². The van der Waals surface area contributed by atoms with Crippen LogP contribution in [-0.4, -0.2) is 268 Å². The van der Waals surface area contributed by atoms with Crippen molar-refractivity contribution in [2.24, 2.45) is 17.2 Å².